The number of carbonyl (C=O) groups is 1. The zero-order chi connectivity index (χ0) is 13.2. The molecule has 0 spiro atoms. The molecule has 1 heterocycles. The fourth-order valence-electron chi connectivity index (χ4n) is 2.11. The molecule has 6 heteroatoms. The van der Waals surface area contributed by atoms with E-state index in [9.17, 15) is 9.90 Å². The van der Waals surface area contributed by atoms with E-state index in [0.717, 1.165) is 31.6 Å². The number of carbonyl (C=O) groups excluding carboxylic acids is 1. The highest BCUT2D eigenvalue weighted by molar-refractivity contribution is 5.85. The molecule has 1 aromatic rings. The topological polar surface area (TPSA) is 71.2 Å². The van der Waals surface area contributed by atoms with Gasteiger partial charge in [-0.05, 0) is 19.3 Å². The van der Waals surface area contributed by atoms with E-state index in [-0.39, 0.29) is 12.5 Å². The minimum absolute atomic E-state index is 0.0102. The average molecular weight is 252 g/mol. The number of nitrogens with zero attached hydrogens (tertiary/aromatic N) is 4. The number of hydrogen-bond donors (Lipinski definition) is 1. The molecule has 1 saturated carbocycles. The van der Waals surface area contributed by atoms with Crippen LogP contribution in [0.4, 0.5) is 0 Å². The Bertz CT molecular complexity index is 425. The van der Waals surface area contributed by atoms with Crippen molar-refractivity contribution in [3.63, 3.8) is 0 Å². The Morgan fingerprint density at radius 3 is 2.89 bits per heavy atom. The Labute approximate surface area is 107 Å². The summed E-state index contributed by atoms with van der Waals surface area (Å²) in [6.45, 7) is 3.33. The quantitative estimate of drug-likeness (QED) is 0.796. The summed E-state index contributed by atoms with van der Waals surface area (Å²) < 4.78 is 1.96. The van der Waals surface area contributed by atoms with Gasteiger partial charge in [-0.2, -0.15) is 0 Å². The van der Waals surface area contributed by atoms with Crippen LogP contribution in [0.2, 0.25) is 0 Å². The lowest BCUT2D eigenvalue weighted by atomic mass is 10.1. The van der Waals surface area contributed by atoms with Gasteiger partial charge in [0.05, 0.1) is 18.6 Å². The predicted octanol–water partition coefficient (Wildman–Crippen LogP) is 0.419. The van der Waals surface area contributed by atoms with Crippen molar-refractivity contribution < 1.29 is 9.90 Å². The van der Waals surface area contributed by atoms with Crippen molar-refractivity contribution in [2.45, 2.75) is 39.3 Å². The summed E-state index contributed by atoms with van der Waals surface area (Å²) in [5, 5.41) is 17.2. The van der Waals surface area contributed by atoms with E-state index in [0.29, 0.717) is 6.54 Å². The normalized spacial score (nSPS) is 16.6. The molecule has 0 bridgehead atoms. The number of aliphatic hydroxyl groups is 1. The third-order valence-electron chi connectivity index (χ3n) is 3.50. The number of aryl methyl sites for hydroxylation is 1. The van der Waals surface area contributed by atoms with E-state index in [1.165, 1.54) is 0 Å². The predicted molar refractivity (Wildman–Crippen MR) is 65.5 cm³/mol. The molecule has 1 aliphatic carbocycles. The molecule has 1 N–H and O–H groups in total. The molecule has 100 valence electrons. The molecule has 1 amide bonds. The van der Waals surface area contributed by atoms with E-state index in [1.807, 2.05) is 4.57 Å². The van der Waals surface area contributed by atoms with Crippen molar-refractivity contribution in [2.75, 3.05) is 13.7 Å². The van der Waals surface area contributed by atoms with Crippen LogP contribution in [0.3, 0.4) is 0 Å². The van der Waals surface area contributed by atoms with Crippen LogP contribution in [0.15, 0.2) is 6.33 Å². The zero-order valence-electron chi connectivity index (χ0n) is 11.0. The molecule has 0 aromatic carbocycles. The fourth-order valence-corrected chi connectivity index (χ4v) is 2.11. The molecule has 1 aliphatic rings. The van der Waals surface area contributed by atoms with Gasteiger partial charge in [0, 0.05) is 13.6 Å². The minimum atomic E-state index is -0.510. The lowest BCUT2D eigenvalue weighted by Crippen LogP contribution is -2.36. The van der Waals surface area contributed by atoms with Gasteiger partial charge in [0.2, 0.25) is 5.91 Å². The number of hydrogen-bond acceptors (Lipinski definition) is 4. The second-order valence-electron chi connectivity index (χ2n) is 5.04. The lowest BCUT2D eigenvalue weighted by Gasteiger charge is -2.21. The van der Waals surface area contributed by atoms with E-state index in [2.05, 4.69) is 17.1 Å². The molecular weight excluding hydrogens is 232 g/mol. The third kappa shape index (κ3) is 2.38. The van der Waals surface area contributed by atoms with Crippen LogP contribution in [-0.2, 0) is 17.9 Å². The molecule has 6 nitrogen and oxygen atoms in total. The Morgan fingerprint density at radius 1 is 1.61 bits per heavy atom. The van der Waals surface area contributed by atoms with Crippen LogP contribution >= 0.6 is 0 Å². The van der Waals surface area contributed by atoms with Crippen molar-refractivity contribution in [3.8, 4) is 0 Å². The maximum Gasteiger partial charge on any atom is 0.231 e. The lowest BCUT2D eigenvalue weighted by molar-refractivity contribution is -0.137. The maximum atomic E-state index is 12.2. The SMILES string of the molecule is CCCn1cnnc1CN(C)C(=O)C1(CO)CC1. The number of aliphatic hydroxyl groups excluding tert-OH is 1. The zero-order valence-corrected chi connectivity index (χ0v) is 11.0. The summed E-state index contributed by atoms with van der Waals surface area (Å²) in [4.78, 5) is 13.8. The first-order valence-electron chi connectivity index (χ1n) is 6.36. The molecular formula is C12H20N4O2. The van der Waals surface area contributed by atoms with Crippen molar-refractivity contribution >= 4 is 5.91 Å². The van der Waals surface area contributed by atoms with Crippen LogP contribution < -0.4 is 0 Å². The third-order valence-corrected chi connectivity index (χ3v) is 3.50. The van der Waals surface area contributed by atoms with Crippen molar-refractivity contribution in [2.24, 2.45) is 5.41 Å². The number of aromatic nitrogens is 3. The number of amides is 1. The molecule has 18 heavy (non-hydrogen) atoms. The summed E-state index contributed by atoms with van der Waals surface area (Å²) >= 11 is 0. The molecule has 2 rings (SSSR count). The van der Waals surface area contributed by atoms with Gasteiger partial charge in [0.25, 0.3) is 0 Å². The van der Waals surface area contributed by atoms with Gasteiger partial charge in [0.15, 0.2) is 5.82 Å². The van der Waals surface area contributed by atoms with Gasteiger partial charge >= 0.3 is 0 Å². The monoisotopic (exact) mass is 252 g/mol. The Hall–Kier alpha value is -1.43. The second-order valence-corrected chi connectivity index (χ2v) is 5.04. The Balaban J connectivity index is 2.00. The smallest absolute Gasteiger partial charge is 0.231 e. The van der Waals surface area contributed by atoms with Crippen molar-refractivity contribution in [1.82, 2.24) is 19.7 Å². The van der Waals surface area contributed by atoms with Crippen LogP contribution in [0, 0.1) is 5.41 Å². The van der Waals surface area contributed by atoms with Gasteiger partial charge < -0.3 is 14.6 Å². The van der Waals surface area contributed by atoms with Gasteiger partial charge in [-0.3, -0.25) is 4.79 Å². The van der Waals surface area contributed by atoms with E-state index in [4.69, 9.17) is 0 Å². The summed E-state index contributed by atoms with van der Waals surface area (Å²) in [5.41, 5.74) is -0.510. The van der Waals surface area contributed by atoms with Gasteiger partial charge in [-0.25, -0.2) is 0 Å². The standard InChI is InChI=1S/C12H20N4O2/c1-3-6-16-9-13-14-10(16)7-15(2)11(18)12(8-17)4-5-12/h9,17H,3-8H2,1-2H3. The first kappa shape index (κ1) is 13.0. The highest BCUT2D eigenvalue weighted by atomic mass is 16.3. The molecule has 0 unspecified atom stereocenters. The fraction of sp³-hybridized carbons (Fsp3) is 0.750. The molecule has 0 atom stereocenters. The summed E-state index contributed by atoms with van der Waals surface area (Å²) in [7, 11) is 1.75. The van der Waals surface area contributed by atoms with E-state index in [1.54, 1.807) is 18.3 Å². The van der Waals surface area contributed by atoms with Crippen molar-refractivity contribution in [3.05, 3.63) is 12.2 Å². The van der Waals surface area contributed by atoms with Crippen LogP contribution in [-0.4, -0.2) is 44.3 Å². The van der Waals surface area contributed by atoms with E-state index < -0.39 is 5.41 Å². The Kier molecular flexibility index (Phi) is 3.65. The summed E-state index contributed by atoms with van der Waals surface area (Å²) in [6, 6.07) is 0. The second kappa shape index (κ2) is 5.06. The largest absolute Gasteiger partial charge is 0.395 e. The first-order valence-corrected chi connectivity index (χ1v) is 6.36. The van der Waals surface area contributed by atoms with Crippen LogP contribution in [0.1, 0.15) is 32.0 Å². The van der Waals surface area contributed by atoms with Crippen molar-refractivity contribution in [1.29, 1.82) is 0 Å². The molecule has 1 aromatic heterocycles. The average Bonchev–Trinajstić information content (AvgIpc) is 3.06. The highest BCUT2D eigenvalue weighted by Gasteiger charge is 2.50. The molecule has 0 saturated heterocycles. The summed E-state index contributed by atoms with van der Waals surface area (Å²) in [5.74, 6) is 0.803. The summed E-state index contributed by atoms with van der Waals surface area (Å²) in [6.07, 6.45) is 4.27. The minimum Gasteiger partial charge on any atom is -0.395 e. The maximum absolute atomic E-state index is 12.2. The van der Waals surface area contributed by atoms with Gasteiger partial charge in [0.1, 0.15) is 6.33 Å². The van der Waals surface area contributed by atoms with E-state index >= 15 is 0 Å². The molecule has 0 radical (unpaired) electrons. The highest BCUT2D eigenvalue weighted by Crippen LogP contribution is 2.46. The van der Waals surface area contributed by atoms with Crippen LogP contribution in [0.5, 0.6) is 0 Å². The first-order chi connectivity index (χ1) is 8.63. The molecule has 1 fully saturated rings. The van der Waals surface area contributed by atoms with Gasteiger partial charge in [-0.1, -0.05) is 6.92 Å². The Morgan fingerprint density at radius 2 is 2.33 bits per heavy atom. The molecule has 0 aliphatic heterocycles. The number of rotatable bonds is 6. The van der Waals surface area contributed by atoms with Crippen LogP contribution in [0.25, 0.3) is 0 Å². The van der Waals surface area contributed by atoms with Gasteiger partial charge in [-0.15, -0.1) is 10.2 Å².